The standard InChI is InChI=1S/C14H21NO3/c1-4-17-10-12-7-6-8-13(9-12)15-11(3)14(16)18-5-2/h6-9,11,15H,4-5,10H2,1-3H3/t11-/m0/s1. The van der Waals surface area contributed by atoms with Crippen LogP contribution in [0.15, 0.2) is 24.3 Å². The van der Waals surface area contributed by atoms with Gasteiger partial charge in [0.25, 0.3) is 0 Å². The Bertz CT molecular complexity index is 379. The number of rotatable bonds is 7. The molecule has 0 bridgehead atoms. The van der Waals surface area contributed by atoms with E-state index in [9.17, 15) is 4.79 Å². The quantitative estimate of drug-likeness (QED) is 0.757. The van der Waals surface area contributed by atoms with Gasteiger partial charge >= 0.3 is 5.97 Å². The molecule has 0 heterocycles. The van der Waals surface area contributed by atoms with Gasteiger partial charge < -0.3 is 14.8 Å². The summed E-state index contributed by atoms with van der Waals surface area (Å²) in [6.07, 6.45) is 0. The number of hydrogen-bond donors (Lipinski definition) is 1. The second-order valence-electron chi connectivity index (χ2n) is 3.96. The zero-order valence-corrected chi connectivity index (χ0v) is 11.2. The normalized spacial score (nSPS) is 11.9. The molecule has 0 aliphatic carbocycles. The number of anilines is 1. The number of nitrogens with one attached hydrogen (secondary N) is 1. The maximum Gasteiger partial charge on any atom is 0.328 e. The molecular weight excluding hydrogens is 230 g/mol. The molecule has 0 saturated heterocycles. The molecule has 0 aliphatic rings. The van der Waals surface area contributed by atoms with Crippen molar-refractivity contribution in [3.63, 3.8) is 0 Å². The maximum absolute atomic E-state index is 11.5. The third kappa shape index (κ3) is 4.75. The molecule has 1 N–H and O–H groups in total. The molecule has 1 aromatic rings. The molecule has 0 fully saturated rings. The summed E-state index contributed by atoms with van der Waals surface area (Å²) >= 11 is 0. The Kier molecular flexibility index (Phi) is 6.22. The summed E-state index contributed by atoms with van der Waals surface area (Å²) in [5.41, 5.74) is 1.98. The van der Waals surface area contributed by atoms with Gasteiger partial charge in [0.1, 0.15) is 6.04 Å². The number of esters is 1. The van der Waals surface area contributed by atoms with Crippen LogP contribution in [-0.2, 0) is 20.9 Å². The highest BCUT2D eigenvalue weighted by atomic mass is 16.5. The molecule has 4 nitrogen and oxygen atoms in total. The lowest BCUT2D eigenvalue weighted by molar-refractivity contribution is -0.143. The second-order valence-corrected chi connectivity index (χ2v) is 3.96. The minimum absolute atomic E-state index is 0.243. The van der Waals surface area contributed by atoms with Gasteiger partial charge in [-0.3, -0.25) is 0 Å². The summed E-state index contributed by atoms with van der Waals surface area (Å²) in [5.74, 6) is -0.243. The van der Waals surface area contributed by atoms with Crippen molar-refractivity contribution in [2.24, 2.45) is 0 Å². The van der Waals surface area contributed by atoms with Crippen LogP contribution in [0.2, 0.25) is 0 Å². The fourth-order valence-corrected chi connectivity index (χ4v) is 1.55. The highest BCUT2D eigenvalue weighted by Crippen LogP contribution is 2.13. The average Bonchev–Trinajstić information content (AvgIpc) is 2.37. The molecule has 18 heavy (non-hydrogen) atoms. The first-order valence-electron chi connectivity index (χ1n) is 6.27. The van der Waals surface area contributed by atoms with Crippen molar-refractivity contribution in [2.75, 3.05) is 18.5 Å². The number of carbonyl (C=O) groups is 1. The Hall–Kier alpha value is -1.55. The van der Waals surface area contributed by atoms with E-state index in [0.717, 1.165) is 11.3 Å². The SMILES string of the molecule is CCOCc1cccc(N[C@@H](C)C(=O)OCC)c1. The molecule has 0 saturated carbocycles. The summed E-state index contributed by atoms with van der Waals surface area (Å²) in [6.45, 7) is 7.22. The van der Waals surface area contributed by atoms with Crippen molar-refractivity contribution in [3.8, 4) is 0 Å². The van der Waals surface area contributed by atoms with E-state index in [1.165, 1.54) is 0 Å². The van der Waals surface area contributed by atoms with Crippen molar-refractivity contribution >= 4 is 11.7 Å². The van der Waals surface area contributed by atoms with E-state index in [2.05, 4.69) is 5.32 Å². The molecule has 0 spiro atoms. The minimum Gasteiger partial charge on any atom is -0.464 e. The third-order valence-corrected chi connectivity index (χ3v) is 2.42. The van der Waals surface area contributed by atoms with Gasteiger partial charge in [-0.25, -0.2) is 4.79 Å². The van der Waals surface area contributed by atoms with Crippen LogP contribution in [0, 0.1) is 0 Å². The van der Waals surface area contributed by atoms with E-state index in [-0.39, 0.29) is 12.0 Å². The lowest BCUT2D eigenvalue weighted by Crippen LogP contribution is -2.28. The van der Waals surface area contributed by atoms with Crippen LogP contribution in [-0.4, -0.2) is 25.2 Å². The fourth-order valence-electron chi connectivity index (χ4n) is 1.55. The first-order chi connectivity index (χ1) is 8.67. The van der Waals surface area contributed by atoms with E-state index in [0.29, 0.717) is 19.8 Å². The van der Waals surface area contributed by atoms with Gasteiger partial charge in [-0.1, -0.05) is 12.1 Å². The molecule has 1 rings (SSSR count). The van der Waals surface area contributed by atoms with Gasteiger partial charge in [0.05, 0.1) is 13.2 Å². The lowest BCUT2D eigenvalue weighted by atomic mass is 10.2. The Morgan fingerprint density at radius 3 is 2.78 bits per heavy atom. The van der Waals surface area contributed by atoms with Crippen LogP contribution in [0.1, 0.15) is 26.3 Å². The Morgan fingerprint density at radius 1 is 1.33 bits per heavy atom. The Morgan fingerprint density at radius 2 is 2.11 bits per heavy atom. The van der Waals surface area contributed by atoms with Crippen LogP contribution in [0.5, 0.6) is 0 Å². The van der Waals surface area contributed by atoms with Crippen molar-refractivity contribution in [1.82, 2.24) is 0 Å². The third-order valence-electron chi connectivity index (χ3n) is 2.42. The van der Waals surface area contributed by atoms with E-state index in [4.69, 9.17) is 9.47 Å². The van der Waals surface area contributed by atoms with Gasteiger partial charge in [0.2, 0.25) is 0 Å². The van der Waals surface area contributed by atoms with E-state index in [1.54, 1.807) is 13.8 Å². The largest absolute Gasteiger partial charge is 0.464 e. The van der Waals surface area contributed by atoms with Gasteiger partial charge in [0, 0.05) is 12.3 Å². The summed E-state index contributed by atoms with van der Waals surface area (Å²) in [6, 6.07) is 7.48. The summed E-state index contributed by atoms with van der Waals surface area (Å²) in [5, 5.41) is 3.11. The van der Waals surface area contributed by atoms with Gasteiger partial charge in [-0.15, -0.1) is 0 Å². The summed E-state index contributed by atoms with van der Waals surface area (Å²) in [7, 11) is 0. The molecule has 1 aromatic carbocycles. The first kappa shape index (κ1) is 14.5. The zero-order valence-electron chi connectivity index (χ0n) is 11.2. The number of ether oxygens (including phenoxy) is 2. The molecule has 0 aromatic heterocycles. The fraction of sp³-hybridized carbons (Fsp3) is 0.500. The van der Waals surface area contributed by atoms with E-state index < -0.39 is 0 Å². The maximum atomic E-state index is 11.5. The molecular formula is C14H21NO3. The van der Waals surface area contributed by atoms with Crippen LogP contribution in [0.4, 0.5) is 5.69 Å². The van der Waals surface area contributed by atoms with E-state index in [1.807, 2.05) is 31.2 Å². The van der Waals surface area contributed by atoms with Crippen molar-refractivity contribution < 1.29 is 14.3 Å². The van der Waals surface area contributed by atoms with Crippen molar-refractivity contribution in [3.05, 3.63) is 29.8 Å². The van der Waals surface area contributed by atoms with Gasteiger partial charge in [-0.2, -0.15) is 0 Å². The molecule has 0 amide bonds. The highest BCUT2D eigenvalue weighted by Gasteiger charge is 2.13. The Balaban J connectivity index is 2.58. The monoisotopic (exact) mass is 251 g/mol. The predicted octanol–water partition coefficient (Wildman–Crippen LogP) is 2.59. The smallest absolute Gasteiger partial charge is 0.328 e. The van der Waals surface area contributed by atoms with Crippen LogP contribution >= 0.6 is 0 Å². The summed E-state index contributed by atoms with van der Waals surface area (Å²) in [4.78, 5) is 11.5. The average molecular weight is 251 g/mol. The molecule has 0 unspecified atom stereocenters. The van der Waals surface area contributed by atoms with Crippen molar-refractivity contribution in [1.29, 1.82) is 0 Å². The predicted molar refractivity (Wildman–Crippen MR) is 71.5 cm³/mol. The van der Waals surface area contributed by atoms with Gasteiger partial charge in [-0.05, 0) is 38.5 Å². The number of carbonyl (C=O) groups excluding carboxylic acids is 1. The number of hydrogen-bond acceptors (Lipinski definition) is 4. The number of benzene rings is 1. The van der Waals surface area contributed by atoms with Crippen LogP contribution in [0.3, 0.4) is 0 Å². The Labute approximate surface area is 108 Å². The molecule has 0 aliphatic heterocycles. The molecule has 4 heteroatoms. The summed E-state index contributed by atoms with van der Waals surface area (Å²) < 4.78 is 10.3. The minimum atomic E-state index is -0.354. The van der Waals surface area contributed by atoms with Gasteiger partial charge in [0.15, 0.2) is 0 Å². The molecule has 0 radical (unpaired) electrons. The van der Waals surface area contributed by atoms with E-state index >= 15 is 0 Å². The zero-order chi connectivity index (χ0) is 13.4. The van der Waals surface area contributed by atoms with Crippen LogP contribution < -0.4 is 5.32 Å². The second kappa shape index (κ2) is 7.71. The van der Waals surface area contributed by atoms with Crippen LogP contribution in [0.25, 0.3) is 0 Å². The topological polar surface area (TPSA) is 47.6 Å². The molecule has 100 valence electrons. The lowest BCUT2D eigenvalue weighted by Gasteiger charge is -2.14. The highest BCUT2D eigenvalue weighted by molar-refractivity contribution is 5.78. The molecule has 1 atom stereocenters. The van der Waals surface area contributed by atoms with Crippen molar-refractivity contribution in [2.45, 2.75) is 33.4 Å². The first-order valence-corrected chi connectivity index (χ1v) is 6.27.